The average Bonchev–Trinajstić information content (AvgIpc) is 2.38. The number of nitrogens with zero attached hydrogens (tertiary/aromatic N) is 2. The standard InChI is InChI=1S/C10H16N2O/c1-7-6-12(2)11-9(7)5-8-3-4-10(8)13/h6,8,10,13H,3-5H2,1-2H3. The molecule has 0 amide bonds. The van der Waals surface area contributed by atoms with E-state index in [2.05, 4.69) is 12.0 Å². The van der Waals surface area contributed by atoms with Crippen LogP contribution < -0.4 is 0 Å². The molecule has 0 spiro atoms. The molecule has 72 valence electrons. The minimum absolute atomic E-state index is 0.0820. The summed E-state index contributed by atoms with van der Waals surface area (Å²) in [5.41, 5.74) is 2.38. The SMILES string of the molecule is Cc1cn(C)nc1CC1CCC1O. The van der Waals surface area contributed by atoms with Crippen LogP contribution >= 0.6 is 0 Å². The first-order valence-corrected chi connectivity index (χ1v) is 4.84. The van der Waals surface area contributed by atoms with Gasteiger partial charge in [0, 0.05) is 13.2 Å². The van der Waals surface area contributed by atoms with Crippen LogP contribution in [0.2, 0.25) is 0 Å². The van der Waals surface area contributed by atoms with Crippen molar-refractivity contribution >= 4 is 0 Å². The molecule has 1 aromatic rings. The van der Waals surface area contributed by atoms with Crippen LogP contribution in [0.4, 0.5) is 0 Å². The third-order valence-electron chi connectivity index (χ3n) is 2.95. The van der Waals surface area contributed by atoms with Crippen molar-refractivity contribution < 1.29 is 5.11 Å². The summed E-state index contributed by atoms with van der Waals surface area (Å²) in [5.74, 6) is 0.452. The molecule has 1 heterocycles. The van der Waals surface area contributed by atoms with Gasteiger partial charge in [-0.25, -0.2) is 0 Å². The quantitative estimate of drug-likeness (QED) is 0.738. The van der Waals surface area contributed by atoms with E-state index in [0.717, 1.165) is 25.0 Å². The van der Waals surface area contributed by atoms with E-state index >= 15 is 0 Å². The first-order chi connectivity index (χ1) is 6.16. The summed E-state index contributed by atoms with van der Waals surface area (Å²) in [6, 6.07) is 0. The van der Waals surface area contributed by atoms with E-state index in [0.29, 0.717) is 5.92 Å². The number of aliphatic hydroxyl groups excluding tert-OH is 1. The maximum absolute atomic E-state index is 9.43. The molecule has 0 aromatic carbocycles. The molecule has 13 heavy (non-hydrogen) atoms. The van der Waals surface area contributed by atoms with Gasteiger partial charge in [0.2, 0.25) is 0 Å². The van der Waals surface area contributed by atoms with Crippen molar-refractivity contribution in [3.05, 3.63) is 17.5 Å². The van der Waals surface area contributed by atoms with E-state index < -0.39 is 0 Å². The van der Waals surface area contributed by atoms with Crippen molar-refractivity contribution in [1.29, 1.82) is 0 Å². The molecule has 2 rings (SSSR count). The molecule has 1 fully saturated rings. The fourth-order valence-electron chi connectivity index (χ4n) is 1.89. The van der Waals surface area contributed by atoms with E-state index in [1.807, 2.05) is 17.9 Å². The molecule has 1 saturated carbocycles. The van der Waals surface area contributed by atoms with Gasteiger partial charge in [0.25, 0.3) is 0 Å². The zero-order valence-electron chi connectivity index (χ0n) is 8.20. The smallest absolute Gasteiger partial charge is 0.0657 e. The lowest BCUT2D eigenvalue weighted by Gasteiger charge is -2.31. The second kappa shape index (κ2) is 3.14. The van der Waals surface area contributed by atoms with Crippen LogP contribution in [0, 0.1) is 12.8 Å². The lowest BCUT2D eigenvalue weighted by molar-refractivity contribution is 0.0238. The fraction of sp³-hybridized carbons (Fsp3) is 0.700. The molecular formula is C10H16N2O. The molecule has 0 aliphatic heterocycles. The summed E-state index contributed by atoms with van der Waals surface area (Å²) in [4.78, 5) is 0. The number of aryl methyl sites for hydroxylation is 2. The highest BCUT2D eigenvalue weighted by Crippen LogP contribution is 2.30. The maximum atomic E-state index is 9.43. The van der Waals surface area contributed by atoms with Crippen molar-refractivity contribution in [3.8, 4) is 0 Å². The van der Waals surface area contributed by atoms with Crippen LogP contribution in [0.25, 0.3) is 0 Å². The molecule has 1 aliphatic rings. The van der Waals surface area contributed by atoms with Crippen molar-refractivity contribution in [2.24, 2.45) is 13.0 Å². The van der Waals surface area contributed by atoms with E-state index in [1.54, 1.807) is 0 Å². The lowest BCUT2D eigenvalue weighted by atomic mass is 9.79. The Morgan fingerprint density at radius 1 is 1.62 bits per heavy atom. The molecule has 2 atom stereocenters. The van der Waals surface area contributed by atoms with Gasteiger partial charge in [0.05, 0.1) is 11.8 Å². The van der Waals surface area contributed by atoms with E-state index in [1.165, 1.54) is 5.56 Å². The second-order valence-electron chi connectivity index (χ2n) is 4.04. The zero-order valence-corrected chi connectivity index (χ0v) is 8.20. The summed E-state index contributed by atoms with van der Waals surface area (Å²) in [5, 5.41) is 13.8. The number of hydrogen-bond donors (Lipinski definition) is 1. The summed E-state index contributed by atoms with van der Waals surface area (Å²) in [7, 11) is 1.94. The Labute approximate surface area is 78.4 Å². The zero-order chi connectivity index (χ0) is 9.42. The largest absolute Gasteiger partial charge is 0.393 e. The number of hydrogen-bond acceptors (Lipinski definition) is 2. The summed E-state index contributed by atoms with van der Waals surface area (Å²) >= 11 is 0. The van der Waals surface area contributed by atoms with Crippen LogP contribution in [-0.4, -0.2) is 21.0 Å². The van der Waals surface area contributed by atoms with Crippen LogP contribution in [0.1, 0.15) is 24.1 Å². The molecule has 1 N–H and O–H groups in total. The van der Waals surface area contributed by atoms with Gasteiger partial charge < -0.3 is 5.11 Å². The summed E-state index contributed by atoms with van der Waals surface area (Å²) in [6.07, 6.45) is 5.00. The Balaban J connectivity index is 2.04. The molecule has 3 heteroatoms. The predicted octanol–water partition coefficient (Wildman–Crippen LogP) is 1.04. The van der Waals surface area contributed by atoms with Gasteiger partial charge >= 0.3 is 0 Å². The third-order valence-corrected chi connectivity index (χ3v) is 2.95. The Kier molecular flexibility index (Phi) is 2.12. The van der Waals surface area contributed by atoms with Gasteiger partial charge in [-0.1, -0.05) is 0 Å². The highest BCUT2D eigenvalue weighted by atomic mass is 16.3. The first kappa shape index (κ1) is 8.75. The van der Waals surface area contributed by atoms with E-state index in [4.69, 9.17) is 0 Å². The average molecular weight is 180 g/mol. The minimum atomic E-state index is -0.0820. The van der Waals surface area contributed by atoms with Crippen LogP contribution in [0.5, 0.6) is 0 Å². The highest BCUT2D eigenvalue weighted by molar-refractivity contribution is 5.16. The Hall–Kier alpha value is -0.830. The van der Waals surface area contributed by atoms with E-state index in [-0.39, 0.29) is 6.10 Å². The van der Waals surface area contributed by atoms with Crippen molar-refractivity contribution in [1.82, 2.24) is 9.78 Å². The summed E-state index contributed by atoms with van der Waals surface area (Å²) < 4.78 is 1.84. The fourth-order valence-corrected chi connectivity index (χ4v) is 1.89. The molecule has 0 saturated heterocycles. The second-order valence-corrected chi connectivity index (χ2v) is 4.04. The molecule has 2 unspecified atom stereocenters. The predicted molar refractivity (Wildman–Crippen MR) is 50.4 cm³/mol. The topological polar surface area (TPSA) is 38.0 Å². The van der Waals surface area contributed by atoms with Crippen molar-refractivity contribution in [2.75, 3.05) is 0 Å². The maximum Gasteiger partial charge on any atom is 0.0657 e. The summed E-state index contributed by atoms with van der Waals surface area (Å²) in [6.45, 7) is 2.08. The molecular weight excluding hydrogens is 164 g/mol. The van der Waals surface area contributed by atoms with Gasteiger partial charge in [-0.2, -0.15) is 5.10 Å². The number of aliphatic hydroxyl groups is 1. The Morgan fingerprint density at radius 3 is 2.77 bits per heavy atom. The monoisotopic (exact) mass is 180 g/mol. The molecule has 0 bridgehead atoms. The minimum Gasteiger partial charge on any atom is -0.393 e. The lowest BCUT2D eigenvalue weighted by Crippen LogP contribution is -2.32. The van der Waals surface area contributed by atoms with Crippen molar-refractivity contribution in [2.45, 2.75) is 32.3 Å². The Morgan fingerprint density at radius 2 is 2.38 bits per heavy atom. The van der Waals surface area contributed by atoms with Crippen LogP contribution in [0.3, 0.4) is 0 Å². The van der Waals surface area contributed by atoms with Gasteiger partial charge in [-0.3, -0.25) is 4.68 Å². The van der Waals surface area contributed by atoms with Crippen LogP contribution in [-0.2, 0) is 13.5 Å². The first-order valence-electron chi connectivity index (χ1n) is 4.84. The van der Waals surface area contributed by atoms with Gasteiger partial charge in [-0.15, -0.1) is 0 Å². The number of rotatable bonds is 2. The molecule has 3 nitrogen and oxygen atoms in total. The molecule has 0 radical (unpaired) electrons. The van der Waals surface area contributed by atoms with Gasteiger partial charge in [0.15, 0.2) is 0 Å². The van der Waals surface area contributed by atoms with Gasteiger partial charge in [0.1, 0.15) is 0 Å². The Bertz CT molecular complexity index is 306. The van der Waals surface area contributed by atoms with Crippen LogP contribution in [0.15, 0.2) is 6.20 Å². The third kappa shape index (κ3) is 1.61. The van der Waals surface area contributed by atoms with E-state index in [9.17, 15) is 5.11 Å². The molecule has 1 aromatic heterocycles. The van der Waals surface area contributed by atoms with Crippen molar-refractivity contribution in [3.63, 3.8) is 0 Å². The van der Waals surface area contributed by atoms with Gasteiger partial charge in [-0.05, 0) is 37.7 Å². The number of aromatic nitrogens is 2. The normalized spacial score (nSPS) is 27.3. The highest BCUT2D eigenvalue weighted by Gasteiger charge is 2.29. The molecule has 1 aliphatic carbocycles.